The zero-order valence-corrected chi connectivity index (χ0v) is 13.6. The number of aryl methyl sites for hydroxylation is 2. The molecule has 0 spiro atoms. The summed E-state index contributed by atoms with van der Waals surface area (Å²) in [6.45, 7) is 4.35. The second-order valence-electron chi connectivity index (χ2n) is 4.75. The van der Waals surface area contributed by atoms with Gasteiger partial charge in [-0.3, -0.25) is 0 Å². The zero-order valence-electron chi connectivity index (χ0n) is 12.0. The van der Waals surface area contributed by atoms with Crippen LogP contribution in [0.1, 0.15) is 11.4 Å². The summed E-state index contributed by atoms with van der Waals surface area (Å²) in [5, 5.41) is 13.4. The molecule has 0 fully saturated rings. The first kappa shape index (κ1) is 16.1. The lowest BCUT2D eigenvalue weighted by Crippen LogP contribution is -2.20. The molecule has 4 nitrogen and oxygen atoms in total. The van der Waals surface area contributed by atoms with Gasteiger partial charge in [-0.15, -0.1) is 11.6 Å². The highest BCUT2D eigenvalue weighted by molar-refractivity contribution is 7.99. The van der Waals surface area contributed by atoms with Crippen molar-refractivity contribution in [1.29, 1.82) is 0 Å². The summed E-state index contributed by atoms with van der Waals surface area (Å²) < 4.78 is 0. The summed E-state index contributed by atoms with van der Waals surface area (Å²) in [7, 11) is 0. The van der Waals surface area contributed by atoms with E-state index in [1.165, 1.54) is 11.8 Å². The first-order chi connectivity index (χ1) is 10.1. The van der Waals surface area contributed by atoms with Gasteiger partial charge in [0.05, 0.1) is 12.0 Å². The van der Waals surface area contributed by atoms with Gasteiger partial charge < -0.3 is 10.4 Å². The monoisotopic (exact) mass is 323 g/mol. The highest BCUT2D eigenvalue weighted by atomic mass is 35.5. The second-order valence-corrected chi connectivity index (χ2v) is 6.10. The third-order valence-corrected chi connectivity index (χ3v) is 3.94. The van der Waals surface area contributed by atoms with Gasteiger partial charge >= 0.3 is 0 Å². The molecule has 6 heteroatoms. The molecule has 0 aliphatic heterocycles. The van der Waals surface area contributed by atoms with Crippen molar-refractivity contribution in [2.24, 2.45) is 0 Å². The van der Waals surface area contributed by atoms with Crippen molar-refractivity contribution in [3.05, 3.63) is 41.7 Å². The van der Waals surface area contributed by atoms with E-state index in [1.807, 2.05) is 44.2 Å². The number of nitrogens with one attached hydrogen (secondary N) is 1. The van der Waals surface area contributed by atoms with E-state index >= 15 is 0 Å². The molecular formula is C15H18ClN3OS. The molecule has 1 atom stereocenters. The molecule has 0 saturated carbocycles. The Hall–Kier alpha value is -1.30. The quantitative estimate of drug-likeness (QED) is 0.631. The van der Waals surface area contributed by atoms with Gasteiger partial charge in [0.2, 0.25) is 0 Å². The Balaban J connectivity index is 2.06. The van der Waals surface area contributed by atoms with E-state index in [1.54, 1.807) is 0 Å². The van der Waals surface area contributed by atoms with Crippen molar-refractivity contribution in [2.45, 2.75) is 30.0 Å². The molecule has 2 aromatic rings. The lowest BCUT2D eigenvalue weighted by Gasteiger charge is -2.11. The first-order valence-electron chi connectivity index (χ1n) is 6.65. The van der Waals surface area contributed by atoms with Crippen LogP contribution in [0.5, 0.6) is 0 Å². The maximum absolute atomic E-state index is 9.47. The minimum absolute atomic E-state index is 0.220. The number of aliphatic hydroxyl groups is 1. The van der Waals surface area contributed by atoms with Crippen molar-refractivity contribution in [1.82, 2.24) is 9.97 Å². The average Bonchev–Trinajstić information content (AvgIpc) is 2.44. The molecule has 1 aromatic heterocycles. The maximum atomic E-state index is 9.47. The SMILES string of the molecule is Cc1cc(C)nc(Sc2cccc(NCC(O)CCl)c2)n1. The fourth-order valence-corrected chi connectivity index (χ4v) is 2.84. The number of alkyl halides is 1. The van der Waals surface area contributed by atoms with Crippen molar-refractivity contribution < 1.29 is 5.11 Å². The van der Waals surface area contributed by atoms with Crippen LogP contribution in [0.25, 0.3) is 0 Å². The molecule has 2 N–H and O–H groups in total. The highest BCUT2D eigenvalue weighted by Gasteiger charge is 2.05. The summed E-state index contributed by atoms with van der Waals surface area (Å²) in [6, 6.07) is 9.88. The smallest absolute Gasteiger partial charge is 0.192 e. The van der Waals surface area contributed by atoms with Gasteiger partial charge in [-0.2, -0.15) is 0 Å². The Kier molecular flexibility index (Phi) is 5.85. The van der Waals surface area contributed by atoms with E-state index in [0.717, 1.165) is 27.1 Å². The molecule has 21 heavy (non-hydrogen) atoms. The van der Waals surface area contributed by atoms with E-state index in [4.69, 9.17) is 11.6 Å². The predicted octanol–water partition coefficient (Wildman–Crippen LogP) is 3.26. The Morgan fingerprint density at radius 3 is 2.62 bits per heavy atom. The Labute approximate surface area is 134 Å². The molecule has 2 rings (SSSR count). The number of benzene rings is 1. The Morgan fingerprint density at radius 2 is 1.95 bits per heavy atom. The van der Waals surface area contributed by atoms with Gasteiger partial charge in [-0.1, -0.05) is 6.07 Å². The van der Waals surface area contributed by atoms with Crippen LogP contribution in [0.15, 0.2) is 40.4 Å². The largest absolute Gasteiger partial charge is 0.390 e. The third-order valence-electron chi connectivity index (χ3n) is 2.72. The van der Waals surface area contributed by atoms with Gasteiger partial charge in [0, 0.05) is 28.5 Å². The molecule has 0 saturated heterocycles. The molecule has 1 aromatic carbocycles. The number of aromatic nitrogens is 2. The van der Waals surface area contributed by atoms with Crippen LogP contribution < -0.4 is 5.32 Å². The number of anilines is 1. The van der Waals surface area contributed by atoms with Crippen LogP contribution in [0, 0.1) is 13.8 Å². The van der Waals surface area contributed by atoms with Crippen LogP contribution in [0.3, 0.4) is 0 Å². The molecule has 0 amide bonds. The highest BCUT2D eigenvalue weighted by Crippen LogP contribution is 2.27. The first-order valence-corrected chi connectivity index (χ1v) is 8.00. The summed E-state index contributed by atoms with van der Waals surface area (Å²) in [5.74, 6) is 0.220. The molecule has 1 heterocycles. The van der Waals surface area contributed by atoms with Gasteiger partial charge in [-0.25, -0.2) is 9.97 Å². The molecule has 0 aliphatic rings. The van der Waals surface area contributed by atoms with Gasteiger partial charge in [0.15, 0.2) is 5.16 Å². The zero-order chi connectivity index (χ0) is 15.2. The topological polar surface area (TPSA) is 58.0 Å². The van der Waals surface area contributed by atoms with E-state index in [-0.39, 0.29) is 5.88 Å². The van der Waals surface area contributed by atoms with Crippen LogP contribution in [-0.2, 0) is 0 Å². The van der Waals surface area contributed by atoms with Crippen LogP contribution in [0.4, 0.5) is 5.69 Å². The lowest BCUT2D eigenvalue weighted by atomic mass is 10.3. The normalized spacial score (nSPS) is 12.2. The van der Waals surface area contributed by atoms with E-state index in [9.17, 15) is 5.11 Å². The fourth-order valence-electron chi connectivity index (χ4n) is 1.80. The van der Waals surface area contributed by atoms with E-state index in [0.29, 0.717) is 6.54 Å². The standard InChI is InChI=1S/C15H18ClN3OS/c1-10-6-11(2)19-15(18-10)21-14-5-3-4-12(7-14)17-9-13(20)8-16/h3-7,13,17,20H,8-9H2,1-2H3. The summed E-state index contributed by atoms with van der Waals surface area (Å²) in [5.41, 5.74) is 2.86. The fraction of sp³-hybridized carbons (Fsp3) is 0.333. The summed E-state index contributed by atoms with van der Waals surface area (Å²) >= 11 is 7.10. The van der Waals surface area contributed by atoms with E-state index < -0.39 is 6.10 Å². The number of hydrogen-bond donors (Lipinski definition) is 2. The second kappa shape index (κ2) is 7.64. The van der Waals surface area contributed by atoms with E-state index in [2.05, 4.69) is 15.3 Å². The van der Waals surface area contributed by atoms with Crippen molar-refractivity contribution in [3.63, 3.8) is 0 Å². The third kappa shape index (κ3) is 5.19. The van der Waals surface area contributed by atoms with Crippen molar-refractivity contribution in [2.75, 3.05) is 17.7 Å². The minimum atomic E-state index is -0.550. The molecule has 112 valence electrons. The molecule has 1 unspecified atom stereocenters. The maximum Gasteiger partial charge on any atom is 0.192 e. The number of nitrogens with zero attached hydrogens (tertiary/aromatic N) is 2. The Bertz CT molecular complexity index is 589. The lowest BCUT2D eigenvalue weighted by molar-refractivity contribution is 0.211. The summed E-state index contributed by atoms with van der Waals surface area (Å²) in [6.07, 6.45) is -0.550. The van der Waals surface area contributed by atoms with Gasteiger partial charge in [-0.05, 0) is 49.9 Å². The van der Waals surface area contributed by atoms with Crippen molar-refractivity contribution >= 4 is 29.1 Å². The number of rotatable bonds is 6. The molecule has 0 aliphatic carbocycles. The average molecular weight is 324 g/mol. The minimum Gasteiger partial charge on any atom is -0.390 e. The number of aliphatic hydroxyl groups excluding tert-OH is 1. The van der Waals surface area contributed by atoms with Crippen LogP contribution in [-0.4, -0.2) is 33.6 Å². The van der Waals surface area contributed by atoms with Gasteiger partial charge in [0.1, 0.15) is 0 Å². The summed E-state index contributed by atoms with van der Waals surface area (Å²) in [4.78, 5) is 9.89. The molecular weight excluding hydrogens is 306 g/mol. The number of halogens is 1. The van der Waals surface area contributed by atoms with Crippen LogP contribution in [0.2, 0.25) is 0 Å². The van der Waals surface area contributed by atoms with Crippen LogP contribution >= 0.6 is 23.4 Å². The van der Waals surface area contributed by atoms with Gasteiger partial charge in [0.25, 0.3) is 0 Å². The molecule has 0 radical (unpaired) electrons. The number of hydrogen-bond acceptors (Lipinski definition) is 5. The predicted molar refractivity (Wildman–Crippen MR) is 87.3 cm³/mol. The Morgan fingerprint density at radius 1 is 1.24 bits per heavy atom. The molecule has 0 bridgehead atoms. The van der Waals surface area contributed by atoms with Crippen molar-refractivity contribution in [3.8, 4) is 0 Å².